The fourth-order valence-corrected chi connectivity index (χ4v) is 0.425. The number of nitrogens with one attached hydrogen (secondary N) is 1. The van der Waals surface area contributed by atoms with Crippen molar-refractivity contribution in [2.45, 2.75) is 6.04 Å². The molecule has 0 amide bonds. The summed E-state index contributed by atoms with van der Waals surface area (Å²) in [5.41, 5.74) is 0. The minimum absolute atomic E-state index is 0.0185. The summed E-state index contributed by atoms with van der Waals surface area (Å²) < 4.78 is 0. The van der Waals surface area contributed by atoms with E-state index in [1.54, 1.807) is 7.05 Å². The fourth-order valence-electron chi connectivity index (χ4n) is 0.202. The van der Waals surface area contributed by atoms with Gasteiger partial charge in [-0.1, -0.05) is 12.2 Å². The topological polar surface area (TPSA) is 32.3 Å². The maximum atomic E-state index is 8.37. The van der Waals surface area contributed by atoms with E-state index in [-0.39, 0.29) is 12.6 Å². The second kappa shape index (κ2) is 4.18. The number of aliphatic hydroxyl groups is 1. The summed E-state index contributed by atoms with van der Waals surface area (Å²) in [4.78, 5) is 0. The molecule has 0 aliphatic rings. The number of thiocarbonyl (C=S) groups is 1. The predicted molar refractivity (Wildman–Crippen MR) is 33.6 cm³/mol. The van der Waals surface area contributed by atoms with Crippen LogP contribution in [0.25, 0.3) is 0 Å². The Hall–Kier alpha value is 0.01000. The van der Waals surface area contributed by atoms with Crippen LogP contribution < -0.4 is 5.32 Å². The quantitative estimate of drug-likeness (QED) is 0.494. The summed E-state index contributed by atoms with van der Waals surface area (Å²) in [5, 5.41) is 12.7. The smallest absolute Gasteiger partial charge is 0.0628 e. The molecule has 0 saturated heterocycles. The third kappa shape index (κ3) is 2.68. The molecule has 0 bridgehead atoms. The summed E-state index contributed by atoms with van der Waals surface area (Å²) >= 11 is 4.52. The van der Waals surface area contributed by atoms with E-state index in [1.165, 1.54) is 5.37 Å². The summed E-state index contributed by atoms with van der Waals surface area (Å²) in [6, 6.07) is -0.0185. The van der Waals surface area contributed by atoms with Gasteiger partial charge in [0.2, 0.25) is 0 Å². The van der Waals surface area contributed by atoms with Crippen molar-refractivity contribution < 1.29 is 5.11 Å². The molecule has 0 radical (unpaired) electrons. The van der Waals surface area contributed by atoms with Gasteiger partial charge in [0.05, 0.1) is 12.6 Å². The van der Waals surface area contributed by atoms with Gasteiger partial charge >= 0.3 is 0 Å². The van der Waals surface area contributed by atoms with E-state index in [9.17, 15) is 0 Å². The van der Waals surface area contributed by atoms with Crippen LogP contribution in [0.4, 0.5) is 0 Å². The van der Waals surface area contributed by atoms with Crippen LogP contribution in [-0.4, -0.2) is 30.2 Å². The molecule has 0 rings (SSSR count). The standard InChI is InChI=1S/C4H9NOS/c1-5-4(2-6)3-7/h3-6H,2H2,1H3. The number of aliphatic hydroxyl groups excluding tert-OH is 1. The van der Waals surface area contributed by atoms with Crippen molar-refractivity contribution in [1.82, 2.24) is 5.32 Å². The lowest BCUT2D eigenvalue weighted by Gasteiger charge is -2.02. The molecule has 1 atom stereocenters. The molecule has 0 aromatic heterocycles. The SMILES string of the molecule is CNC(C=S)CO. The highest BCUT2D eigenvalue weighted by Crippen LogP contribution is 1.70. The molecule has 42 valence electrons. The van der Waals surface area contributed by atoms with E-state index in [2.05, 4.69) is 17.5 Å². The van der Waals surface area contributed by atoms with Gasteiger partial charge in [-0.2, -0.15) is 0 Å². The van der Waals surface area contributed by atoms with Crippen LogP contribution in [0.5, 0.6) is 0 Å². The van der Waals surface area contributed by atoms with Crippen molar-refractivity contribution in [2.75, 3.05) is 13.7 Å². The average Bonchev–Trinajstić information content (AvgIpc) is 1.72. The normalized spacial score (nSPS) is 13.4. The van der Waals surface area contributed by atoms with E-state index in [0.717, 1.165) is 0 Å². The molecule has 3 heteroatoms. The summed E-state index contributed by atoms with van der Waals surface area (Å²) in [6.45, 7) is 0.0833. The first-order valence-corrected chi connectivity index (χ1v) is 2.55. The van der Waals surface area contributed by atoms with E-state index in [1.807, 2.05) is 0 Å². The van der Waals surface area contributed by atoms with Crippen LogP contribution in [0, 0.1) is 0 Å². The second-order valence-corrected chi connectivity index (χ2v) is 1.49. The molecule has 0 aliphatic heterocycles. The number of rotatable bonds is 3. The molecular formula is C4H9NOS. The van der Waals surface area contributed by atoms with Gasteiger partial charge in [-0.15, -0.1) is 0 Å². The first-order chi connectivity index (χ1) is 3.35. The van der Waals surface area contributed by atoms with Crippen molar-refractivity contribution in [3.63, 3.8) is 0 Å². The highest BCUT2D eigenvalue weighted by Gasteiger charge is 1.93. The van der Waals surface area contributed by atoms with Crippen LogP contribution in [0.1, 0.15) is 0 Å². The van der Waals surface area contributed by atoms with Gasteiger partial charge in [0, 0.05) is 0 Å². The minimum atomic E-state index is -0.0185. The molecule has 0 heterocycles. The summed E-state index contributed by atoms with van der Waals surface area (Å²) in [6.07, 6.45) is 0. The van der Waals surface area contributed by atoms with Gasteiger partial charge in [-0.05, 0) is 12.4 Å². The van der Waals surface area contributed by atoms with Crippen LogP contribution in [0.3, 0.4) is 0 Å². The molecule has 1 unspecified atom stereocenters. The zero-order valence-electron chi connectivity index (χ0n) is 4.22. The third-order valence-corrected chi connectivity index (χ3v) is 1.06. The molecule has 0 fully saturated rings. The monoisotopic (exact) mass is 119 g/mol. The van der Waals surface area contributed by atoms with E-state index in [4.69, 9.17) is 5.11 Å². The second-order valence-electron chi connectivity index (χ2n) is 1.21. The van der Waals surface area contributed by atoms with Crippen molar-refractivity contribution in [2.24, 2.45) is 0 Å². The Balaban J connectivity index is 3.16. The lowest BCUT2D eigenvalue weighted by molar-refractivity contribution is 0.279. The van der Waals surface area contributed by atoms with Crippen molar-refractivity contribution >= 4 is 17.6 Å². The van der Waals surface area contributed by atoms with E-state index in [0.29, 0.717) is 0 Å². The Morgan fingerprint density at radius 1 is 2.00 bits per heavy atom. The van der Waals surface area contributed by atoms with Crippen molar-refractivity contribution in [3.8, 4) is 0 Å². The summed E-state index contributed by atoms with van der Waals surface area (Å²) in [5.74, 6) is 0. The molecule has 2 N–H and O–H groups in total. The van der Waals surface area contributed by atoms with Crippen LogP contribution in [-0.2, 0) is 0 Å². The molecule has 7 heavy (non-hydrogen) atoms. The highest BCUT2D eigenvalue weighted by molar-refractivity contribution is 7.79. The Kier molecular flexibility index (Phi) is 4.18. The lowest BCUT2D eigenvalue weighted by Crippen LogP contribution is -2.29. The maximum absolute atomic E-state index is 8.37. The molecule has 0 spiro atoms. The molecule has 0 aromatic carbocycles. The first-order valence-electron chi connectivity index (χ1n) is 2.08. The van der Waals surface area contributed by atoms with Crippen LogP contribution >= 0.6 is 12.2 Å². The van der Waals surface area contributed by atoms with Crippen molar-refractivity contribution in [1.29, 1.82) is 0 Å². The number of hydrogen-bond acceptors (Lipinski definition) is 3. The van der Waals surface area contributed by atoms with Gasteiger partial charge in [0.25, 0.3) is 0 Å². The van der Waals surface area contributed by atoms with Crippen LogP contribution in [0.15, 0.2) is 0 Å². The van der Waals surface area contributed by atoms with E-state index >= 15 is 0 Å². The zero-order valence-corrected chi connectivity index (χ0v) is 5.03. The van der Waals surface area contributed by atoms with Gasteiger partial charge in [-0.3, -0.25) is 0 Å². The predicted octanol–water partition coefficient (Wildman–Crippen LogP) is -0.434. The van der Waals surface area contributed by atoms with Crippen molar-refractivity contribution in [3.05, 3.63) is 0 Å². The van der Waals surface area contributed by atoms with Gasteiger partial charge in [0.15, 0.2) is 0 Å². The lowest BCUT2D eigenvalue weighted by atomic mass is 10.4. The Bertz CT molecular complexity index is 53.7. The highest BCUT2D eigenvalue weighted by atomic mass is 32.1. The minimum Gasteiger partial charge on any atom is -0.394 e. The first kappa shape index (κ1) is 7.01. The van der Waals surface area contributed by atoms with Gasteiger partial charge < -0.3 is 10.4 Å². The Morgan fingerprint density at radius 2 is 2.57 bits per heavy atom. The van der Waals surface area contributed by atoms with Gasteiger partial charge in [0.1, 0.15) is 0 Å². The number of likely N-dealkylation sites (N-methyl/N-ethyl adjacent to an activating group) is 1. The van der Waals surface area contributed by atoms with Crippen LogP contribution in [0.2, 0.25) is 0 Å². The number of hydrogen-bond donors (Lipinski definition) is 2. The molecule has 0 saturated carbocycles. The van der Waals surface area contributed by atoms with Gasteiger partial charge in [-0.25, -0.2) is 0 Å². The Morgan fingerprint density at radius 3 is 2.57 bits per heavy atom. The molecule has 2 nitrogen and oxygen atoms in total. The largest absolute Gasteiger partial charge is 0.394 e. The molecular weight excluding hydrogens is 110 g/mol. The maximum Gasteiger partial charge on any atom is 0.0628 e. The van der Waals surface area contributed by atoms with E-state index < -0.39 is 0 Å². The average molecular weight is 119 g/mol. The molecule has 0 aliphatic carbocycles. The summed E-state index contributed by atoms with van der Waals surface area (Å²) in [7, 11) is 1.75. The third-order valence-electron chi connectivity index (χ3n) is 0.732. The molecule has 0 aromatic rings. The zero-order chi connectivity index (χ0) is 5.70. The fraction of sp³-hybridized carbons (Fsp3) is 0.750. The Labute approximate surface area is 48.5 Å².